The number of aromatic nitrogens is 2. The zero-order valence-corrected chi connectivity index (χ0v) is 21.0. The maximum atomic E-state index is 5.76. The number of ether oxygens (including phenoxy) is 2. The number of hydrogen-bond donors (Lipinski definition) is 2. The van der Waals surface area contributed by atoms with Gasteiger partial charge in [0.1, 0.15) is 5.75 Å². The Kier molecular flexibility index (Phi) is 11.6. The van der Waals surface area contributed by atoms with Gasteiger partial charge >= 0.3 is 0 Å². The van der Waals surface area contributed by atoms with Crippen LogP contribution in [0.5, 0.6) is 5.75 Å². The van der Waals surface area contributed by atoms with Gasteiger partial charge in [-0.15, -0.1) is 24.0 Å². The van der Waals surface area contributed by atoms with Gasteiger partial charge in [0.25, 0.3) is 0 Å². The number of guanidine groups is 1. The first-order chi connectivity index (χ1) is 15.3. The summed E-state index contributed by atoms with van der Waals surface area (Å²) in [5.41, 5.74) is 3.36. The molecule has 1 aromatic heterocycles. The Labute approximate surface area is 207 Å². The Balaban J connectivity index is 0.00000363. The third-order valence-corrected chi connectivity index (χ3v) is 4.71. The highest BCUT2D eigenvalue weighted by molar-refractivity contribution is 14.0. The first-order valence-electron chi connectivity index (χ1n) is 10.6. The summed E-state index contributed by atoms with van der Waals surface area (Å²) in [6.07, 6.45) is 4.63. The summed E-state index contributed by atoms with van der Waals surface area (Å²) in [6, 6.07) is 18.2. The first kappa shape index (κ1) is 25.7. The molecule has 172 valence electrons. The summed E-state index contributed by atoms with van der Waals surface area (Å²) in [5.74, 6) is 1.65. The average molecular weight is 549 g/mol. The lowest BCUT2D eigenvalue weighted by molar-refractivity contribution is 0.126. The highest BCUT2D eigenvalue weighted by Gasteiger charge is 2.02. The van der Waals surface area contributed by atoms with Gasteiger partial charge in [-0.25, -0.2) is 4.68 Å². The van der Waals surface area contributed by atoms with Crippen molar-refractivity contribution < 1.29 is 9.47 Å². The van der Waals surface area contributed by atoms with Crippen LogP contribution < -0.4 is 15.4 Å². The van der Waals surface area contributed by atoms with E-state index < -0.39 is 0 Å². The fourth-order valence-corrected chi connectivity index (χ4v) is 3.13. The molecule has 3 aromatic rings. The summed E-state index contributed by atoms with van der Waals surface area (Å²) in [4.78, 5) is 4.59. The molecule has 0 atom stereocenters. The van der Waals surface area contributed by atoms with E-state index in [1.54, 1.807) is 13.3 Å². The molecule has 0 radical (unpaired) electrons. The molecule has 0 aliphatic heterocycles. The van der Waals surface area contributed by atoms with E-state index >= 15 is 0 Å². The number of methoxy groups -OCH3 is 1. The Morgan fingerprint density at radius 2 is 1.88 bits per heavy atom. The molecule has 1 heterocycles. The summed E-state index contributed by atoms with van der Waals surface area (Å²) >= 11 is 0. The Morgan fingerprint density at radius 3 is 2.59 bits per heavy atom. The molecular weight excluding hydrogens is 517 g/mol. The van der Waals surface area contributed by atoms with Crippen LogP contribution in [0.3, 0.4) is 0 Å². The molecule has 0 amide bonds. The molecule has 0 aliphatic carbocycles. The monoisotopic (exact) mass is 549 g/mol. The smallest absolute Gasteiger partial charge is 0.191 e. The SMILES string of the molecule is CCNC(=NCCOCc1ccccc1OC)NCCc1ccc(-n2cccn2)cc1.I. The zero-order valence-electron chi connectivity index (χ0n) is 18.7. The number of aliphatic imine (C=N–C) groups is 1. The van der Waals surface area contributed by atoms with Crippen LogP contribution in [-0.4, -0.2) is 49.1 Å². The van der Waals surface area contributed by atoms with Crippen LogP contribution in [0.2, 0.25) is 0 Å². The van der Waals surface area contributed by atoms with E-state index in [9.17, 15) is 0 Å². The van der Waals surface area contributed by atoms with Crippen LogP contribution in [-0.2, 0) is 17.8 Å². The van der Waals surface area contributed by atoms with E-state index in [1.807, 2.05) is 41.2 Å². The van der Waals surface area contributed by atoms with Gasteiger partial charge in [0.05, 0.1) is 32.6 Å². The van der Waals surface area contributed by atoms with Crippen molar-refractivity contribution in [2.75, 3.05) is 33.4 Å². The van der Waals surface area contributed by atoms with E-state index in [4.69, 9.17) is 9.47 Å². The van der Waals surface area contributed by atoms with Crippen LogP contribution in [0.4, 0.5) is 0 Å². The van der Waals surface area contributed by atoms with Gasteiger partial charge in [0, 0.05) is 31.0 Å². The van der Waals surface area contributed by atoms with E-state index in [0.29, 0.717) is 19.8 Å². The zero-order chi connectivity index (χ0) is 21.7. The first-order valence-corrected chi connectivity index (χ1v) is 10.6. The maximum absolute atomic E-state index is 5.76. The molecule has 0 saturated heterocycles. The lowest BCUT2D eigenvalue weighted by Gasteiger charge is -2.12. The fourth-order valence-electron chi connectivity index (χ4n) is 3.13. The highest BCUT2D eigenvalue weighted by atomic mass is 127. The molecule has 0 saturated carbocycles. The topological polar surface area (TPSA) is 72.7 Å². The number of nitrogens with zero attached hydrogens (tertiary/aromatic N) is 3. The summed E-state index contributed by atoms with van der Waals surface area (Å²) in [5, 5.41) is 10.9. The van der Waals surface area contributed by atoms with Gasteiger partial charge in [-0.3, -0.25) is 4.99 Å². The molecule has 0 spiro atoms. The number of rotatable bonds is 11. The second kappa shape index (κ2) is 14.5. The molecule has 0 aliphatic rings. The van der Waals surface area contributed by atoms with Crippen molar-refractivity contribution in [3.8, 4) is 11.4 Å². The van der Waals surface area contributed by atoms with E-state index in [2.05, 4.69) is 51.9 Å². The minimum Gasteiger partial charge on any atom is -0.496 e. The van der Waals surface area contributed by atoms with Gasteiger partial charge in [-0.1, -0.05) is 30.3 Å². The third kappa shape index (κ3) is 8.16. The van der Waals surface area contributed by atoms with Crippen molar-refractivity contribution >= 4 is 29.9 Å². The van der Waals surface area contributed by atoms with Crippen LogP contribution >= 0.6 is 24.0 Å². The second-order valence-corrected chi connectivity index (χ2v) is 6.92. The van der Waals surface area contributed by atoms with Gasteiger partial charge < -0.3 is 20.1 Å². The van der Waals surface area contributed by atoms with E-state index in [-0.39, 0.29) is 24.0 Å². The molecule has 7 nitrogen and oxygen atoms in total. The summed E-state index contributed by atoms with van der Waals surface area (Å²) in [6.45, 7) is 5.31. The number of halogens is 1. The molecule has 0 unspecified atom stereocenters. The quantitative estimate of drug-likeness (QED) is 0.165. The molecule has 8 heteroatoms. The van der Waals surface area contributed by atoms with Crippen molar-refractivity contribution in [3.05, 3.63) is 78.1 Å². The number of nitrogens with one attached hydrogen (secondary N) is 2. The van der Waals surface area contributed by atoms with Crippen molar-refractivity contribution in [2.24, 2.45) is 4.99 Å². The van der Waals surface area contributed by atoms with Crippen molar-refractivity contribution in [1.82, 2.24) is 20.4 Å². The number of benzene rings is 2. The maximum Gasteiger partial charge on any atom is 0.191 e. The summed E-state index contributed by atoms with van der Waals surface area (Å²) < 4.78 is 13.0. The Morgan fingerprint density at radius 1 is 1.06 bits per heavy atom. The summed E-state index contributed by atoms with van der Waals surface area (Å²) in [7, 11) is 1.67. The number of hydrogen-bond acceptors (Lipinski definition) is 4. The Hall–Kier alpha value is -2.59. The van der Waals surface area contributed by atoms with Gasteiger partial charge in [0.15, 0.2) is 5.96 Å². The van der Waals surface area contributed by atoms with Crippen LogP contribution in [0.1, 0.15) is 18.1 Å². The lowest BCUT2D eigenvalue weighted by atomic mass is 10.1. The van der Waals surface area contributed by atoms with Crippen molar-refractivity contribution in [3.63, 3.8) is 0 Å². The molecule has 3 rings (SSSR count). The number of para-hydroxylation sites is 1. The van der Waals surface area contributed by atoms with E-state index in [1.165, 1.54) is 5.56 Å². The van der Waals surface area contributed by atoms with Crippen LogP contribution in [0.25, 0.3) is 5.69 Å². The second-order valence-electron chi connectivity index (χ2n) is 6.92. The van der Waals surface area contributed by atoms with Crippen molar-refractivity contribution in [1.29, 1.82) is 0 Å². The predicted molar refractivity (Wildman–Crippen MR) is 139 cm³/mol. The van der Waals surface area contributed by atoms with Crippen LogP contribution in [0.15, 0.2) is 72.0 Å². The van der Waals surface area contributed by atoms with Gasteiger partial charge in [-0.2, -0.15) is 5.10 Å². The van der Waals surface area contributed by atoms with Crippen LogP contribution in [0, 0.1) is 0 Å². The van der Waals surface area contributed by atoms with Crippen molar-refractivity contribution in [2.45, 2.75) is 20.0 Å². The van der Waals surface area contributed by atoms with Gasteiger partial charge in [-0.05, 0) is 43.2 Å². The minimum absolute atomic E-state index is 0. The Bertz CT molecular complexity index is 930. The average Bonchev–Trinajstić information content (AvgIpc) is 3.34. The standard InChI is InChI=1S/C24H31N5O2.HI/c1-3-25-24(27-16-18-31-19-21-7-4-5-8-23(21)30-2)26-15-13-20-9-11-22(12-10-20)29-17-6-14-28-29;/h4-12,14,17H,3,13,15-16,18-19H2,1-2H3,(H2,25,26,27);1H. The lowest BCUT2D eigenvalue weighted by Crippen LogP contribution is -2.38. The molecule has 2 aromatic carbocycles. The van der Waals surface area contributed by atoms with E-state index in [0.717, 1.165) is 42.5 Å². The normalized spacial score (nSPS) is 11.0. The molecule has 32 heavy (non-hydrogen) atoms. The molecule has 2 N–H and O–H groups in total. The molecular formula is C24H32IN5O2. The van der Waals surface area contributed by atoms with Gasteiger partial charge in [0.2, 0.25) is 0 Å². The largest absolute Gasteiger partial charge is 0.496 e. The predicted octanol–water partition coefficient (Wildman–Crippen LogP) is 3.81. The fraction of sp³-hybridized carbons (Fsp3) is 0.333. The molecule has 0 fully saturated rings. The minimum atomic E-state index is 0. The molecule has 0 bridgehead atoms. The third-order valence-electron chi connectivity index (χ3n) is 4.71. The highest BCUT2D eigenvalue weighted by Crippen LogP contribution is 2.17.